The molecule has 0 saturated carbocycles. The third kappa shape index (κ3) is 7.22. The maximum Gasteiger partial charge on any atom is 0.303 e. The molecule has 2 N–H and O–H groups in total. The van der Waals surface area contributed by atoms with Gasteiger partial charge in [0.05, 0.1) is 0 Å². The Morgan fingerprint density at radius 1 is 1.03 bits per heavy atom. The molecule has 0 aliphatic carbocycles. The molecular formula is C26H23ClN2O3. The first kappa shape index (κ1) is 23.0. The van der Waals surface area contributed by atoms with Crippen LogP contribution in [0, 0.1) is 0 Å². The SMILES string of the molecule is O=C(O)CCC/C=C(\c1cccnc1)c1cccc(NC(=O)/C=C/c2cccc(Cl)c2)c1. The summed E-state index contributed by atoms with van der Waals surface area (Å²) in [6.45, 7) is 0. The smallest absolute Gasteiger partial charge is 0.303 e. The van der Waals surface area contributed by atoms with Crippen LogP contribution in [0.25, 0.3) is 11.6 Å². The lowest BCUT2D eigenvalue weighted by molar-refractivity contribution is -0.137. The summed E-state index contributed by atoms with van der Waals surface area (Å²) in [5.74, 6) is -1.06. The summed E-state index contributed by atoms with van der Waals surface area (Å²) in [4.78, 5) is 27.4. The average molecular weight is 447 g/mol. The number of carbonyl (C=O) groups excluding carboxylic acids is 1. The van der Waals surface area contributed by atoms with Crippen LogP contribution < -0.4 is 5.32 Å². The first-order chi connectivity index (χ1) is 15.5. The van der Waals surface area contributed by atoms with Crippen molar-refractivity contribution in [3.8, 4) is 0 Å². The van der Waals surface area contributed by atoms with Gasteiger partial charge >= 0.3 is 5.97 Å². The molecule has 2 aromatic carbocycles. The molecule has 3 rings (SSSR count). The van der Waals surface area contributed by atoms with E-state index in [0.717, 1.165) is 22.3 Å². The highest BCUT2D eigenvalue weighted by atomic mass is 35.5. The zero-order valence-electron chi connectivity index (χ0n) is 17.4. The summed E-state index contributed by atoms with van der Waals surface area (Å²) < 4.78 is 0. The second-order valence-electron chi connectivity index (χ2n) is 7.10. The van der Waals surface area contributed by atoms with Crippen LogP contribution in [0.3, 0.4) is 0 Å². The Balaban J connectivity index is 1.77. The van der Waals surface area contributed by atoms with Gasteiger partial charge in [-0.1, -0.05) is 48.0 Å². The molecule has 1 heterocycles. The summed E-state index contributed by atoms with van der Waals surface area (Å²) in [6, 6.07) is 18.6. The van der Waals surface area contributed by atoms with Crippen molar-refractivity contribution in [1.29, 1.82) is 0 Å². The normalized spacial score (nSPS) is 11.5. The Morgan fingerprint density at radius 2 is 1.84 bits per heavy atom. The van der Waals surface area contributed by atoms with Crippen molar-refractivity contribution in [2.45, 2.75) is 19.3 Å². The molecule has 1 amide bonds. The van der Waals surface area contributed by atoms with Gasteiger partial charge in [-0.25, -0.2) is 0 Å². The molecular weight excluding hydrogens is 424 g/mol. The molecule has 162 valence electrons. The summed E-state index contributed by atoms with van der Waals surface area (Å²) in [6.07, 6.45) is 9.93. The van der Waals surface area contributed by atoms with Gasteiger partial charge in [-0.3, -0.25) is 14.6 Å². The number of benzene rings is 2. The molecule has 3 aromatic rings. The monoisotopic (exact) mass is 446 g/mol. The standard InChI is InChI=1S/C26H23ClN2O3/c27-22-9-3-6-19(16-22)13-14-25(30)29-23-10-4-7-20(17-23)24(11-1-2-12-26(31)32)21-8-5-15-28-18-21/h3-11,13-18H,1-2,12H2,(H,29,30)(H,31,32)/b14-13+,24-11-. The number of hydrogen-bond acceptors (Lipinski definition) is 3. The number of amides is 1. The Morgan fingerprint density at radius 3 is 2.59 bits per heavy atom. The first-order valence-corrected chi connectivity index (χ1v) is 10.6. The first-order valence-electron chi connectivity index (χ1n) is 10.2. The van der Waals surface area contributed by atoms with E-state index in [1.807, 2.05) is 54.6 Å². The minimum atomic E-state index is -0.808. The Bertz CT molecular complexity index is 1140. The molecule has 0 atom stereocenters. The van der Waals surface area contributed by atoms with Crippen LogP contribution in [0.2, 0.25) is 5.02 Å². The van der Waals surface area contributed by atoms with Crippen LogP contribution in [0.1, 0.15) is 36.0 Å². The highest BCUT2D eigenvalue weighted by Gasteiger charge is 2.08. The number of hydrogen-bond donors (Lipinski definition) is 2. The summed E-state index contributed by atoms with van der Waals surface area (Å²) in [5.41, 5.74) is 4.26. The van der Waals surface area contributed by atoms with Gasteiger partial charge in [-0.2, -0.15) is 0 Å². The highest BCUT2D eigenvalue weighted by Crippen LogP contribution is 2.26. The van der Waals surface area contributed by atoms with Crippen LogP contribution in [0.4, 0.5) is 5.69 Å². The van der Waals surface area contributed by atoms with E-state index in [1.54, 1.807) is 30.6 Å². The minimum absolute atomic E-state index is 0.117. The molecule has 0 unspecified atom stereocenters. The molecule has 0 bridgehead atoms. The topological polar surface area (TPSA) is 79.3 Å². The molecule has 32 heavy (non-hydrogen) atoms. The molecule has 5 nitrogen and oxygen atoms in total. The number of rotatable bonds is 9. The fourth-order valence-corrected chi connectivity index (χ4v) is 3.35. The van der Waals surface area contributed by atoms with Crippen molar-refractivity contribution in [3.63, 3.8) is 0 Å². The van der Waals surface area contributed by atoms with E-state index in [9.17, 15) is 9.59 Å². The zero-order valence-corrected chi connectivity index (χ0v) is 18.1. The van der Waals surface area contributed by atoms with E-state index in [0.29, 0.717) is 23.6 Å². The molecule has 0 aliphatic rings. The van der Waals surface area contributed by atoms with E-state index in [4.69, 9.17) is 16.7 Å². The van der Waals surface area contributed by atoms with Crippen LogP contribution in [0.5, 0.6) is 0 Å². The van der Waals surface area contributed by atoms with Crippen molar-refractivity contribution in [2.24, 2.45) is 0 Å². The number of carboxylic acids is 1. The maximum atomic E-state index is 12.4. The number of nitrogens with one attached hydrogen (secondary N) is 1. The predicted molar refractivity (Wildman–Crippen MR) is 128 cm³/mol. The number of unbranched alkanes of at least 4 members (excludes halogenated alkanes) is 1. The number of nitrogens with zero attached hydrogens (tertiary/aromatic N) is 1. The average Bonchev–Trinajstić information content (AvgIpc) is 2.78. The van der Waals surface area contributed by atoms with E-state index in [2.05, 4.69) is 10.3 Å². The molecule has 0 spiro atoms. The van der Waals surface area contributed by atoms with Gasteiger partial charge in [0.15, 0.2) is 0 Å². The molecule has 0 aliphatic heterocycles. The molecule has 6 heteroatoms. The van der Waals surface area contributed by atoms with Gasteiger partial charge in [-0.05, 0) is 65.9 Å². The van der Waals surface area contributed by atoms with Crippen LogP contribution >= 0.6 is 11.6 Å². The van der Waals surface area contributed by atoms with Crippen molar-refractivity contribution in [3.05, 3.63) is 107 Å². The molecule has 0 fully saturated rings. The Kier molecular flexibility index (Phi) is 8.35. The number of anilines is 1. The van der Waals surface area contributed by atoms with E-state index >= 15 is 0 Å². The number of allylic oxidation sites excluding steroid dienone is 1. The van der Waals surface area contributed by atoms with Crippen molar-refractivity contribution < 1.29 is 14.7 Å². The third-order valence-corrected chi connectivity index (χ3v) is 4.87. The fraction of sp³-hybridized carbons (Fsp3) is 0.115. The van der Waals surface area contributed by atoms with Gasteiger partial charge in [0.25, 0.3) is 0 Å². The highest BCUT2D eigenvalue weighted by molar-refractivity contribution is 6.30. The second-order valence-corrected chi connectivity index (χ2v) is 7.54. The Labute approximate surface area is 192 Å². The van der Waals surface area contributed by atoms with Crippen molar-refractivity contribution in [2.75, 3.05) is 5.32 Å². The number of pyridine rings is 1. The van der Waals surface area contributed by atoms with Crippen LogP contribution in [0.15, 0.2) is 85.2 Å². The number of aromatic nitrogens is 1. The van der Waals surface area contributed by atoms with Gasteiger partial charge in [0.2, 0.25) is 5.91 Å². The van der Waals surface area contributed by atoms with E-state index in [1.165, 1.54) is 6.08 Å². The number of carbonyl (C=O) groups is 2. The fourth-order valence-electron chi connectivity index (χ4n) is 3.15. The molecule has 0 saturated heterocycles. The van der Waals surface area contributed by atoms with Gasteiger partial charge < -0.3 is 10.4 Å². The van der Waals surface area contributed by atoms with Crippen LogP contribution in [-0.4, -0.2) is 22.0 Å². The summed E-state index contributed by atoms with van der Waals surface area (Å²) >= 11 is 5.98. The maximum absolute atomic E-state index is 12.4. The van der Waals surface area contributed by atoms with Crippen LogP contribution in [-0.2, 0) is 9.59 Å². The number of carboxylic acid groups (broad SMARTS) is 1. The lowest BCUT2D eigenvalue weighted by Crippen LogP contribution is -2.08. The summed E-state index contributed by atoms with van der Waals surface area (Å²) in [5, 5.41) is 12.4. The third-order valence-electron chi connectivity index (χ3n) is 4.63. The molecule has 0 radical (unpaired) electrons. The largest absolute Gasteiger partial charge is 0.481 e. The second kappa shape index (κ2) is 11.6. The number of halogens is 1. The van der Waals surface area contributed by atoms with E-state index in [-0.39, 0.29) is 12.3 Å². The van der Waals surface area contributed by atoms with Gasteiger partial charge in [-0.15, -0.1) is 0 Å². The lowest BCUT2D eigenvalue weighted by atomic mass is 9.97. The summed E-state index contributed by atoms with van der Waals surface area (Å²) in [7, 11) is 0. The quantitative estimate of drug-likeness (QED) is 0.308. The van der Waals surface area contributed by atoms with Gasteiger partial charge in [0.1, 0.15) is 0 Å². The molecule has 1 aromatic heterocycles. The lowest BCUT2D eigenvalue weighted by Gasteiger charge is -2.11. The van der Waals surface area contributed by atoms with E-state index < -0.39 is 5.97 Å². The predicted octanol–water partition coefficient (Wildman–Crippen LogP) is 6.07. The van der Waals surface area contributed by atoms with Crippen molar-refractivity contribution in [1.82, 2.24) is 4.98 Å². The minimum Gasteiger partial charge on any atom is -0.481 e. The Hall–Kier alpha value is -3.70. The zero-order chi connectivity index (χ0) is 22.8. The number of aliphatic carboxylic acids is 1. The van der Waals surface area contributed by atoms with Gasteiger partial charge in [0, 0.05) is 41.2 Å². The van der Waals surface area contributed by atoms with Crippen molar-refractivity contribution >= 4 is 40.8 Å².